The highest BCUT2D eigenvalue weighted by atomic mass is 33.5. The van der Waals surface area contributed by atoms with Gasteiger partial charge >= 0.3 is 0 Å². The van der Waals surface area contributed by atoms with Gasteiger partial charge in [0.15, 0.2) is 0 Å². The molecule has 3 heteroatoms. The van der Waals surface area contributed by atoms with E-state index < -0.39 is 0 Å². The van der Waals surface area contributed by atoms with Crippen LogP contribution >= 0.6 is 31.4 Å². The monoisotopic (exact) mass is 188 g/mol. The maximum atomic E-state index is 2.44. The molecule has 3 aliphatic rings. The minimum atomic E-state index is 0.933. The molecule has 0 unspecified atom stereocenters. The third-order valence-electron chi connectivity index (χ3n) is 2.62. The molecule has 54 valence electrons. The van der Waals surface area contributed by atoms with Crippen LogP contribution in [0.1, 0.15) is 6.42 Å². The van der Waals surface area contributed by atoms with Crippen molar-refractivity contribution < 1.29 is 0 Å². The Labute approximate surface area is 72.4 Å². The molecule has 0 N–H and O–H groups in total. The Hall–Kier alpha value is 0.790. The molecule has 2 fully saturated rings. The molecule has 4 atom stereocenters. The molecule has 0 aromatic rings. The van der Waals surface area contributed by atoms with E-state index in [2.05, 4.69) is 33.7 Å². The molecule has 2 aliphatic carbocycles. The summed E-state index contributed by atoms with van der Waals surface area (Å²) < 4.78 is 0. The van der Waals surface area contributed by atoms with Crippen LogP contribution in [0.15, 0.2) is 12.2 Å². The summed E-state index contributed by atoms with van der Waals surface area (Å²) in [5, 5.41) is 1.93. The Morgan fingerprint density at radius 3 is 2.20 bits per heavy atom. The summed E-state index contributed by atoms with van der Waals surface area (Å²) in [6, 6.07) is 0. The molecule has 0 spiro atoms. The zero-order valence-corrected chi connectivity index (χ0v) is 7.85. The molecule has 3 rings (SSSR count). The molecule has 0 radical (unpaired) electrons. The molecule has 2 bridgehead atoms. The van der Waals surface area contributed by atoms with Crippen molar-refractivity contribution in [3.8, 4) is 0 Å². The lowest BCUT2D eigenvalue weighted by atomic mass is 10.1. The maximum absolute atomic E-state index is 2.44. The molecule has 1 aliphatic heterocycles. The standard InChI is InChI=1S/C7H8S3/c1-2-5-3-4(1)6-7(5)9-10-8-6/h1-2,4-7H,3H2/t4-,5+,6-,7+. The van der Waals surface area contributed by atoms with Crippen LogP contribution in [0.25, 0.3) is 0 Å². The molecule has 0 aromatic heterocycles. The Kier molecular flexibility index (Phi) is 1.35. The van der Waals surface area contributed by atoms with Gasteiger partial charge in [0.25, 0.3) is 0 Å². The van der Waals surface area contributed by atoms with E-state index >= 15 is 0 Å². The second-order valence-electron chi connectivity index (χ2n) is 3.14. The van der Waals surface area contributed by atoms with Crippen molar-refractivity contribution in [3.63, 3.8) is 0 Å². The van der Waals surface area contributed by atoms with E-state index in [0.717, 1.165) is 22.3 Å². The maximum Gasteiger partial charge on any atom is 0.0355 e. The first-order valence-electron chi connectivity index (χ1n) is 3.62. The van der Waals surface area contributed by atoms with E-state index in [9.17, 15) is 0 Å². The van der Waals surface area contributed by atoms with Crippen molar-refractivity contribution in [2.75, 3.05) is 0 Å². The summed E-state index contributed by atoms with van der Waals surface area (Å²) in [6.45, 7) is 0. The van der Waals surface area contributed by atoms with E-state index in [0.29, 0.717) is 0 Å². The predicted molar refractivity (Wildman–Crippen MR) is 51.1 cm³/mol. The van der Waals surface area contributed by atoms with E-state index in [4.69, 9.17) is 0 Å². The molecule has 0 nitrogen and oxygen atoms in total. The summed E-state index contributed by atoms with van der Waals surface area (Å²) >= 11 is 0. The van der Waals surface area contributed by atoms with Gasteiger partial charge in [-0.05, 0) is 28.1 Å². The molecular weight excluding hydrogens is 180 g/mol. The predicted octanol–water partition coefficient (Wildman–Crippen LogP) is 2.97. The van der Waals surface area contributed by atoms with E-state index in [1.54, 1.807) is 0 Å². The topological polar surface area (TPSA) is 0 Å². The Morgan fingerprint density at radius 1 is 1.00 bits per heavy atom. The van der Waals surface area contributed by atoms with Gasteiger partial charge in [-0.1, -0.05) is 33.7 Å². The highest BCUT2D eigenvalue weighted by Crippen LogP contribution is 2.63. The van der Waals surface area contributed by atoms with Crippen LogP contribution < -0.4 is 0 Å². The van der Waals surface area contributed by atoms with Crippen LogP contribution in [0.5, 0.6) is 0 Å². The first-order chi connectivity index (χ1) is 4.95. The smallest absolute Gasteiger partial charge is 0.0355 e. The van der Waals surface area contributed by atoms with E-state index in [-0.39, 0.29) is 0 Å². The third-order valence-corrected chi connectivity index (χ3v) is 7.90. The van der Waals surface area contributed by atoms with Gasteiger partial charge < -0.3 is 0 Å². The average Bonchev–Trinajstić information content (AvgIpc) is 2.60. The number of hydrogen-bond acceptors (Lipinski definition) is 3. The van der Waals surface area contributed by atoms with Gasteiger partial charge in [0.05, 0.1) is 0 Å². The lowest BCUT2D eigenvalue weighted by Crippen LogP contribution is -2.19. The lowest BCUT2D eigenvalue weighted by Gasteiger charge is -2.15. The molecule has 10 heavy (non-hydrogen) atoms. The van der Waals surface area contributed by atoms with Crippen molar-refractivity contribution in [2.24, 2.45) is 11.8 Å². The van der Waals surface area contributed by atoms with Crippen LogP contribution in [0.3, 0.4) is 0 Å². The summed E-state index contributed by atoms with van der Waals surface area (Å²) in [7, 11) is 6.22. The minimum Gasteiger partial charge on any atom is -0.0839 e. The van der Waals surface area contributed by atoms with Crippen molar-refractivity contribution >= 4 is 31.4 Å². The number of rotatable bonds is 0. The summed E-state index contributed by atoms with van der Waals surface area (Å²) in [4.78, 5) is 0. The molecule has 0 aromatic carbocycles. The summed E-state index contributed by atoms with van der Waals surface area (Å²) in [5.41, 5.74) is 0. The highest BCUT2D eigenvalue weighted by molar-refractivity contribution is 9.11. The molecule has 1 saturated heterocycles. The molecular formula is C7H8S3. The Balaban J connectivity index is 1.99. The van der Waals surface area contributed by atoms with Gasteiger partial charge in [-0.2, -0.15) is 0 Å². The highest BCUT2D eigenvalue weighted by Gasteiger charge is 2.48. The van der Waals surface area contributed by atoms with Gasteiger partial charge in [0.1, 0.15) is 0 Å². The first-order valence-corrected chi connectivity index (χ1v) is 7.23. The quantitative estimate of drug-likeness (QED) is 0.424. The lowest BCUT2D eigenvalue weighted by molar-refractivity contribution is 0.697. The number of allylic oxidation sites excluding steroid dienone is 2. The zero-order chi connectivity index (χ0) is 6.55. The molecule has 1 heterocycles. The van der Waals surface area contributed by atoms with E-state index in [1.807, 2.05) is 9.83 Å². The summed E-state index contributed by atoms with van der Waals surface area (Å²) in [5.74, 6) is 1.87. The fourth-order valence-corrected chi connectivity index (χ4v) is 8.69. The second-order valence-corrected chi connectivity index (χ2v) is 7.54. The van der Waals surface area contributed by atoms with Crippen molar-refractivity contribution in [1.82, 2.24) is 0 Å². The first kappa shape index (κ1) is 6.32. The van der Waals surface area contributed by atoms with Crippen LogP contribution in [-0.4, -0.2) is 10.5 Å². The fourth-order valence-electron chi connectivity index (χ4n) is 2.10. The van der Waals surface area contributed by atoms with E-state index in [1.165, 1.54) is 6.42 Å². The van der Waals surface area contributed by atoms with Crippen molar-refractivity contribution in [1.29, 1.82) is 0 Å². The van der Waals surface area contributed by atoms with Gasteiger partial charge in [-0.25, -0.2) is 0 Å². The SMILES string of the molecule is C1=C[C@H]2C[C@@H]1[C@H]1SSS[C@H]12. The molecule has 0 amide bonds. The van der Waals surface area contributed by atoms with Gasteiger partial charge in [0.2, 0.25) is 0 Å². The average molecular weight is 188 g/mol. The summed E-state index contributed by atoms with van der Waals surface area (Å²) in [6.07, 6.45) is 6.33. The minimum absolute atomic E-state index is 0.933. The number of fused-ring (bicyclic) bond motifs is 5. The normalized spacial score (nSPS) is 56.0. The third kappa shape index (κ3) is 0.691. The Morgan fingerprint density at radius 2 is 1.60 bits per heavy atom. The van der Waals surface area contributed by atoms with Crippen LogP contribution in [-0.2, 0) is 0 Å². The fraction of sp³-hybridized carbons (Fsp3) is 0.714. The Bertz CT molecular complexity index is 171. The van der Waals surface area contributed by atoms with Gasteiger partial charge in [-0.15, -0.1) is 0 Å². The van der Waals surface area contributed by atoms with Crippen molar-refractivity contribution in [3.05, 3.63) is 12.2 Å². The molecule has 1 saturated carbocycles. The van der Waals surface area contributed by atoms with Gasteiger partial charge in [-0.3, -0.25) is 0 Å². The van der Waals surface area contributed by atoms with Crippen LogP contribution in [0.4, 0.5) is 0 Å². The van der Waals surface area contributed by atoms with Crippen LogP contribution in [0, 0.1) is 11.8 Å². The largest absolute Gasteiger partial charge is 0.0839 e. The van der Waals surface area contributed by atoms with Gasteiger partial charge in [0, 0.05) is 10.5 Å². The number of hydrogen-bond donors (Lipinski definition) is 0. The van der Waals surface area contributed by atoms with Crippen molar-refractivity contribution in [2.45, 2.75) is 16.9 Å². The zero-order valence-electron chi connectivity index (χ0n) is 5.40. The second kappa shape index (κ2) is 2.14. The van der Waals surface area contributed by atoms with Crippen LogP contribution in [0.2, 0.25) is 0 Å².